The number of benzene rings is 1. The summed E-state index contributed by atoms with van der Waals surface area (Å²) < 4.78 is 23.9. The molecule has 0 unspecified atom stereocenters. The number of halogens is 1. The quantitative estimate of drug-likeness (QED) is 0.563. The zero-order valence-electron chi connectivity index (χ0n) is 9.64. The minimum Gasteiger partial charge on any atom is -0.486 e. The van der Waals surface area contributed by atoms with Gasteiger partial charge in [-0.3, -0.25) is 4.79 Å². The van der Waals surface area contributed by atoms with Crippen LogP contribution in [0, 0.1) is 11.7 Å². The Morgan fingerprint density at radius 2 is 2.11 bits per heavy atom. The molecule has 2 aliphatic rings. The van der Waals surface area contributed by atoms with Crippen molar-refractivity contribution in [1.29, 1.82) is 0 Å². The molecule has 1 heterocycles. The van der Waals surface area contributed by atoms with E-state index in [0.717, 1.165) is 12.5 Å². The van der Waals surface area contributed by atoms with Gasteiger partial charge in [-0.15, -0.1) is 0 Å². The Kier molecular flexibility index (Phi) is 2.70. The van der Waals surface area contributed by atoms with Crippen molar-refractivity contribution in [1.82, 2.24) is 0 Å². The topological polar surface area (TPSA) is 55.8 Å². The van der Waals surface area contributed by atoms with Gasteiger partial charge in [0.1, 0.15) is 17.8 Å². The monoisotopic (exact) mass is 252 g/mol. The van der Waals surface area contributed by atoms with E-state index in [9.17, 15) is 14.3 Å². The van der Waals surface area contributed by atoms with Gasteiger partial charge >= 0.3 is 5.97 Å². The highest BCUT2D eigenvalue weighted by Gasteiger charge is 2.43. The van der Waals surface area contributed by atoms with Gasteiger partial charge in [-0.25, -0.2) is 4.39 Å². The third kappa shape index (κ3) is 1.84. The number of carbonyl (C=O) groups excluding carboxylic acids is 1. The van der Waals surface area contributed by atoms with Gasteiger partial charge in [-0.05, 0) is 31.4 Å². The summed E-state index contributed by atoms with van der Waals surface area (Å²) in [7, 11) is 0. The summed E-state index contributed by atoms with van der Waals surface area (Å²) in [6.07, 6.45) is 0.896. The van der Waals surface area contributed by atoms with Crippen LogP contribution in [0.3, 0.4) is 0 Å². The zero-order chi connectivity index (χ0) is 12.7. The summed E-state index contributed by atoms with van der Waals surface area (Å²) in [6, 6.07) is 3.82. The number of aliphatic hydroxyl groups is 1. The maximum Gasteiger partial charge on any atom is 0.320 e. The fraction of sp³-hybridized carbons (Fsp3) is 0.462. The lowest BCUT2D eigenvalue weighted by molar-refractivity contribution is -0.148. The Hall–Kier alpha value is -1.62. The van der Waals surface area contributed by atoms with Crippen molar-refractivity contribution < 1.29 is 23.8 Å². The molecule has 0 radical (unpaired) electrons. The highest BCUT2D eigenvalue weighted by atomic mass is 19.1. The van der Waals surface area contributed by atoms with Gasteiger partial charge in [-0.1, -0.05) is 0 Å². The Balaban J connectivity index is 1.98. The number of rotatable bonds is 0. The molecule has 1 aliphatic heterocycles. The Labute approximate surface area is 103 Å². The minimum atomic E-state index is -0.754. The third-order valence-electron chi connectivity index (χ3n) is 3.47. The number of esters is 1. The molecule has 1 aliphatic carbocycles. The normalized spacial score (nSPS) is 30.6. The van der Waals surface area contributed by atoms with Gasteiger partial charge in [-0.2, -0.15) is 0 Å². The molecule has 1 aromatic carbocycles. The first-order valence-corrected chi connectivity index (χ1v) is 6.01. The van der Waals surface area contributed by atoms with Crippen LogP contribution in [-0.4, -0.2) is 23.3 Å². The van der Waals surface area contributed by atoms with Gasteiger partial charge < -0.3 is 14.6 Å². The van der Waals surface area contributed by atoms with Crippen LogP contribution in [0.5, 0.6) is 11.5 Å². The molecule has 4 nitrogen and oxygen atoms in total. The van der Waals surface area contributed by atoms with E-state index in [2.05, 4.69) is 0 Å². The molecule has 0 saturated heterocycles. The second-order valence-corrected chi connectivity index (χ2v) is 4.69. The first-order valence-electron chi connectivity index (χ1n) is 6.01. The largest absolute Gasteiger partial charge is 0.486 e. The molecule has 0 amide bonds. The number of hydrogen-bond donors (Lipinski definition) is 1. The van der Waals surface area contributed by atoms with E-state index in [1.807, 2.05) is 0 Å². The molecule has 0 spiro atoms. The van der Waals surface area contributed by atoms with E-state index in [1.54, 1.807) is 0 Å². The highest BCUT2D eigenvalue weighted by molar-refractivity contribution is 5.78. The molecule has 1 saturated carbocycles. The second kappa shape index (κ2) is 4.24. The third-order valence-corrected chi connectivity index (χ3v) is 3.47. The van der Waals surface area contributed by atoms with Crippen LogP contribution in [0.1, 0.15) is 19.3 Å². The number of fused-ring (bicyclic) bond motifs is 2. The van der Waals surface area contributed by atoms with E-state index >= 15 is 0 Å². The fourth-order valence-electron chi connectivity index (χ4n) is 2.57. The maximum atomic E-state index is 13.1. The van der Waals surface area contributed by atoms with Crippen molar-refractivity contribution in [2.75, 3.05) is 0 Å². The van der Waals surface area contributed by atoms with E-state index in [4.69, 9.17) is 9.47 Å². The van der Waals surface area contributed by atoms with Crippen molar-refractivity contribution >= 4 is 5.97 Å². The number of ether oxygens (including phenoxy) is 2. The van der Waals surface area contributed by atoms with Crippen LogP contribution in [0.25, 0.3) is 0 Å². The number of hydrogen-bond acceptors (Lipinski definition) is 4. The Morgan fingerprint density at radius 1 is 1.28 bits per heavy atom. The lowest BCUT2D eigenvalue weighted by Crippen LogP contribution is -2.44. The molecule has 1 aromatic rings. The molecule has 0 aromatic heterocycles. The molecule has 0 bridgehead atoms. The summed E-state index contributed by atoms with van der Waals surface area (Å²) in [6.45, 7) is 0. The van der Waals surface area contributed by atoms with E-state index in [1.165, 1.54) is 12.1 Å². The fourth-order valence-corrected chi connectivity index (χ4v) is 2.57. The van der Waals surface area contributed by atoms with Gasteiger partial charge in [0, 0.05) is 6.07 Å². The molecule has 3 rings (SSSR count). The van der Waals surface area contributed by atoms with Crippen LogP contribution in [0.4, 0.5) is 4.39 Å². The number of aliphatic hydroxyl groups excluding tert-OH is 1. The summed E-state index contributed by atoms with van der Waals surface area (Å²) >= 11 is 0. The van der Waals surface area contributed by atoms with Gasteiger partial charge in [0.05, 0.1) is 6.10 Å². The standard InChI is InChI=1S/C13H13FO4/c14-7-4-5-9-11(6-7)18-13(16)12-8(15)2-1-3-10(12)17-9/h4-6,8,10,12,15H,1-3H2/t8-,10+,12-/m1/s1. The summed E-state index contributed by atoms with van der Waals surface area (Å²) in [5.41, 5.74) is 0. The first kappa shape index (κ1) is 11.5. The lowest BCUT2D eigenvalue weighted by Gasteiger charge is -2.31. The van der Waals surface area contributed by atoms with E-state index < -0.39 is 29.9 Å². The molecule has 18 heavy (non-hydrogen) atoms. The van der Waals surface area contributed by atoms with Crippen LogP contribution in [-0.2, 0) is 4.79 Å². The average Bonchev–Trinajstić information content (AvgIpc) is 2.45. The van der Waals surface area contributed by atoms with Crippen molar-refractivity contribution in [3.63, 3.8) is 0 Å². The zero-order valence-corrected chi connectivity index (χ0v) is 9.64. The van der Waals surface area contributed by atoms with E-state index in [-0.39, 0.29) is 5.75 Å². The van der Waals surface area contributed by atoms with Gasteiger partial charge in [0.2, 0.25) is 0 Å². The second-order valence-electron chi connectivity index (χ2n) is 4.69. The van der Waals surface area contributed by atoms with Gasteiger partial charge in [0.15, 0.2) is 11.5 Å². The summed E-state index contributed by atoms with van der Waals surface area (Å²) in [4.78, 5) is 11.9. The molecule has 1 fully saturated rings. The smallest absolute Gasteiger partial charge is 0.320 e. The van der Waals surface area contributed by atoms with Crippen molar-refractivity contribution in [2.45, 2.75) is 31.5 Å². The molecule has 5 heteroatoms. The lowest BCUT2D eigenvalue weighted by atomic mass is 9.84. The summed E-state index contributed by atoms with van der Waals surface area (Å²) in [5, 5.41) is 9.88. The van der Waals surface area contributed by atoms with Crippen molar-refractivity contribution in [3.8, 4) is 11.5 Å². The van der Waals surface area contributed by atoms with Crippen LogP contribution in [0.2, 0.25) is 0 Å². The van der Waals surface area contributed by atoms with E-state index in [0.29, 0.717) is 18.6 Å². The molecule has 96 valence electrons. The molecule has 3 atom stereocenters. The predicted octanol–water partition coefficient (Wildman–Crippen LogP) is 1.65. The van der Waals surface area contributed by atoms with Gasteiger partial charge in [0.25, 0.3) is 0 Å². The van der Waals surface area contributed by atoms with Crippen molar-refractivity contribution in [2.24, 2.45) is 5.92 Å². The Morgan fingerprint density at radius 3 is 2.94 bits per heavy atom. The molecular weight excluding hydrogens is 239 g/mol. The highest BCUT2D eigenvalue weighted by Crippen LogP contribution is 2.38. The van der Waals surface area contributed by atoms with Crippen LogP contribution < -0.4 is 9.47 Å². The van der Waals surface area contributed by atoms with Crippen LogP contribution in [0.15, 0.2) is 18.2 Å². The Bertz CT molecular complexity index is 488. The van der Waals surface area contributed by atoms with Crippen LogP contribution >= 0.6 is 0 Å². The SMILES string of the molecule is O=C1Oc2cc(F)ccc2O[C@H]2CCC[C@@H](O)[C@@H]12. The predicted molar refractivity (Wildman–Crippen MR) is 59.8 cm³/mol. The molecule has 1 N–H and O–H groups in total. The maximum absolute atomic E-state index is 13.1. The average molecular weight is 252 g/mol. The first-order chi connectivity index (χ1) is 8.65. The van der Waals surface area contributed by atoms with Crippen molar-refractivity contribution in [3.05, 3.63) is 24.0 Å². The summed E-state index contributed by atoms with van der Waals surface area (Å²) in [5.74, 6) is -1.28. The molecular formula is C13H13FO4. The minimum absolute atomic E-state index is 0.0848. The number of carbonyl (C=O) groups is 1.